The predicted molar refractivity (Wildman–Crippen MR) is 170 cm³/mol. The molecule has 12 nitrogen and oxygen atoms in total. The second-order valence-electron chi connectivity index (χ2n) is 10.3. The van der Waals surface area contributed by atoms with Crippen molar-refractivity contribution in [2.75, 3.05) is 0 Å². The van der Waals surface area contributed by atoms with Gasteiger partial charge in [-0.25, -0.2) is 0 Å². The predicted octanol–water partition coefficient (Wildman–Crippen LogP) is 7.09. The fourth-order valence-electron chi connectivity index (χ4n) is 4.37. The molecule has 0 fully saturated rings. The highest BCUT2D eigenvalue weighted by Gasteiger charge is 2.19. The molecule has 230 valence electrons. The molecule has 0 atom stereocenters. The number of azo groups is 2. The molecule has 0 aliphatic rings. The lowest BCUT2D eigenvalue weighted by molar-refractivity contribution is 0.409. The van der Waals surface area contributed by atoms with Gasteiger partial charge in [-0.2, -0.15) is 20.8 Å². The van der Waals surface area contributed by atoms with Crippen molar-refractivity contribution in [3.63, 3.8) is 0 Å². The number of nitriles is 2. The molecule has 0 saturated heterocycles. The van der Waals surface area contributed by atoms with E-state index in [0.717, 1.165) is 31.4 Å². The summed E-state index contributed by atoms with van der Waals surface area (Å²) in [5.74, 6) is -0.695. The van der Waals surface area contributed by atoms with Crippen molar-refractivity contribution in [1.29, 1.82) is 10.5 Å². The van der Waals surface area contributed by atoms with Crippen molar-refractivity contribution in [2.24, 2.45) is 27.5 Å². The van der Waals surface area contributed by atoms with Gasteiger partial charge in [0.05, 0.1) is 11.4 Å². The average Bonchev–Trinajstić information content (AvgIpc) is 3.01. The van der Waals surface area contributed by atoms with E-state index in [2.05, 4.69) is 20.5 Å². The third-order valence-corrected chi connectivity index (χ3v) is 7.64. The molecular formula is C33H34N8O4. The first kappa shape index (κ1) is 33.6. The number of nitrogens with zero attached hydrogens (tertiary/aromatic N) is 8. The summed E-state index contributed by atoms with van der Waals surface area (Å²) in [5, 5.41) is 54.5. The number of pyridine rings is 2. The molecular weight excluding hydrogens is 572 g/mol. The van der Waals surface area contributed by atoms with Gasteiger partial charge < -0.3 is 10.2 Å². The molecule has 0 saturated carbocycles. The summed E-state index contributed by atoms with van der Waals surface area (Å²) < 4.78 is 2.10. The largest absolute Gasteiger partial charge is 0.493 e. The second-order valence-corrected chi connectivity index (χ2v) is 10.3. The summed E-state index contributed by atoms with van der Waals surface area (Å²) in [7, 11) is 1.38. The summed E-state index contributed by atoms with van der Waals surface area (Å²) in [6.45, 7) is 12.9. The molecule has 0 unspecified atom stereocenters. The fraction of sp³-hybridized carbons (Fsp3) is 0.273. The Hall–Kier alpha value is -5.88. The maximum atomic E-state index is 12.4. The summed E-state index contributed by atoms with van der Waals surface area (Å²) in [6, 6.07) is 15.1. The van der Waals surface area contributed by atoms with E-state index in [1.807, 2.05) is 70.2 Å². The van der Waals surface area contributed by atoms with E-state index in [1.165, 1.54) is 7.05 Å². The standard InChI is InChI=1S/C17H18N4O2.C16H16N4O2/c1-5-21-16(22)13(9-18)12(4)15(17(21)23)20-19-14-8-6-7-10(2)11(14)3;1-9-6-5-7-13(10(9)2)18-19-14-11(3)12(8-17)15(21)20(4)16(14)22/h6-8,22H,5H2,1-4H3;5-7,21H,1-4H3. The number of hydrogen-bond donors (Lipinski definition) is 2. The number of aromatic nitrogens is 2. The van der Waals surface area contributed by atoms with E-state index in [9.17, 15) is 25.1 Å². The van der Waals surface area contributed by atoms with Crippen molar-refractivity contribution in [3.8, 4) is 23.9 Å². The lowest BCUT2D eigenvalue weighted by atomic mass is 10.1. The zero-order valence-corrected chi connectivity index (χ0v) is 26.5. The highest BCUT2D eigenvalue weighted by Crippen LogP contribution is 2.29. The molecule has 0 amide bonds. The van der Waals surface area contributed by atoms with Crippen LogP contribution in [0, 0.1) is 64.2 Å². The van der Waals surface area contributed by atoms with Gasteiger partial charge in [-0.05, 0) is 82.9 Å². The van der Waals surface area contributed by atoms with Gasteiger partial charge >= 0.3 is 0 Å². The molecule has 4 rings (SSSR count). The Morgan fingerprint density at radius 2 is 1.09 bits per heavy atom. The van der Waals surface area contributed by atoms with Crippen LogP contribution in [0.4, 0.5) is 22.7 Å². The highest BCUT2D eigenvalue weighted by atomic mass is 16.3. The fourth-order valence-corrected chi connectivity index (χ4v) is 4.37. The Labute approximate surface area is 260 Å². The van der Waals surface area contributed by atoms with Gasteiger partial charge in [-0.1, -0.05) is 24.3 Å². The topological polar surface area (TPSA) is 181 Å². The normalized spacial score (nSPS) is 10.9. The van der Waals surface area contributed by atoms with Crippen LogP contribution >= 0.6 is 0 Å². The van der Waals surface area contributed by atoms with E-state index in [-0.39, 0.29) is 40.8 Å². The minimum atomic E-state index is -0.497. The van der Waals surface area contributed by atoms with Crippen molar-refractivity contribution >= 4 is 22.7 Å². The molecule has 12 heteroatoms. The van der Waals surface area contributed by atoms with Gasteiger partial charge in [-0.3, -0.25) is 18.7 Å². The van der Waals surface area contributed by atoms with E-state index in [0.29, 0.717) is 22.5 Å². The Morgan fingerprint density at radius 1 is 0.667 bits per heavy atom. The number of rotatable bonds is 5. The molecule has 45 heavy (non-hydrogen) atoms. The van der Waals surface area contributed by atoms with Crippen LogP contribution in [0.25, 0.3) is 0 Å². The monoisotopic (exact) mass is 606 g/mol. The third kappa shape index (κ3) is 6.71. The molecule has 2 N–H and O–H groups in total. The maximum Gasteiger partial charge on any atom is 0.281 e. The molecule has 2 aromatic heterocycles. The average molecular weight is 607 g/mol. The summed E-state index contributed by atoms with van der Waals surface area (Å²) >= 11 is 0. The molecule has 0 spiro atoms. The zero-order valence-electron chi connectivity index (χ0n) is 26.5. The molecule has 2 aromatic carbocycles. The van der Waals surface area contributed by atoms with Crippen molar-refractivity contribution in [3.05, 3.63) is 102 Å². The van der Waals surface area contributed by atoms with Crippen molar-refractivity contribution in [2.45, 2.75) is 55.0 Å². The molecule has 2 heterocycles. The second kappa shape index (κ2) is 14.1. The SMILES string of the molecule is CCn1c(O)c(C#N)c(C)c(N=Nc2cccc(C)c2C)c1=O.Cc1cccc(N=Nc2c(C)c(C#N)c(O)n(C)c2=O)c1C. The van der Waals surface area contributed by atoms with Crippen molar-refractivity contribution in [1.82, 2.24) is 9.13 Å². The van der Waals surface area contributed by atoms with Gasteiger partial charge in [0.25, 0.3) is 11.1 Å². The minimum absolute atomic E-state index is 0.0250. The first-order valence-corrected chi connectivity index (χ1v) is 14.0. The zero-order chi connectivity index (χ0) is 33.6. The van der Waals surface area contributed by atoms with Crippen LogP contribution in [0.2, 0.25) is 0 Å². The van der Waals surface area contributed by atoms with Crippen molar-refractivity contribution < 1.29 is 10.2 Å². The van der Waals surface area contributed by atoms with Gasteiger partial charge in [0.15, 0.2) is 11.4 Å². The minimum Gasteiger partial charge on any atom is -0.493 e. The lowest BCUT2D eigenvalue weighted by Gasteiger charge is -2.11. The first-order chi connectivity index (χ1) is 21.3. The number of hydrogen-bond acceptors (Lipinski definition) is 10. The number of aromatic hydroxyl groups is 2. The summed E-state index contributed by atoms with van der Waals surface area (Å²) in [6.07, 6.45) is 0. The van der Waals surface area contributed by atoms with Crippen LogP contribution in [0.3, 0.4) is 0 Å². The molecule has 0 aliphatic carbocycles. The van der Waals surface area contributed by atoms with E-state index in [1.54, 1.807) is 26.8 Å². The molecule has 0 radical (unpaired) electrons. The number of aryl methyl sites for hydroxylation is 2. The van der Waals surface area contributed by atoms with Crippen LogP contribution in [-0.4, -0.2) is 19.3 Å². The van der Waals surface area contributed by atoms with Gasteiger partial charge in [0.2, 0.25) is 11.8 Å². The number of benzene rings is 2. The molecule has 4 aromatic rings. The smallest absolute Gasteiger partial charge is 0.281 e. The van der Waals surface area contributed by atoms with Crippen LogP contribution in [0.5, 0.6) is 11.8 Å². The molecule has 0 bridgehead atoms. The first-order valence-electron chi connectivity index (χ1n) is 14.0. The van der Waals surface area contributed by atoms with Crippen LogP contribution < -0.4 is 11.1 Å². The van der Waals surface area contributed by atoms with Crippen LogP contribution in [0.1, 0.15) is 51.4 Å². The Kier molecular flexibility index (Phi) is 10.5. The Balaban J connectivity index is 0.000000246. The summed E-state index contributed by atoms with van der Waals surface area (Å²) in [4.78, 5) is 24.6. The quantitative estimate of drug-likeness (QED) is 0.229. The maximum absolute atomic E-state index is 12.4. The summed E-state index contributed by atoms with van der Waals surface area (Å²) in [5.41, 5.74) is 5.30. The van der Waals surface area contributed by atoms with Gasteiger partial charge in [-0.15, -0.1) is 10.2 Å². The Morgan fingerprint density at radius 3 is 1.51 bits per heavy atom. The van der Waals surface area contributed by atoms with Gasteiger partial charge in [0, 0.05) is 24.7 Å². The molecule has 0 aliphatic heterocycles. The van der Waals surface area contributed by atoms with E-state index < -0.39 is 11.1 Å². The van der Waals surface area contributed by atoms with Crippen LogP contribution in [-0.2, 0) is 13.6 Å². The van der Waals surface area contributed by atoms with Crippen LogP contribution in [0.15, 0.2) is 66.4 Å². The highest BCUT2D eigenvalue weighted by molar-refractivity contribution is 5.58. The lowest BCUT2D eigenvalue weighted by Crippen LogP contribution is -2.20. The Bertz CT molecular complexity index is 2060. The third-order valence-electron chi connectivity index (χ3n) is 7.64. The van der Waals surface area contributed by atoms with Gasteiger partial charge in [0.1, 0.15) is 23.3 Å². The van der Waals surface area contributed by atoms with E-state index >= 15 is 0 Å². The van der Waals surface area contributed by atoms with E-state index in [4.69, 9.17) is 5.26 Å².